The van der Waals surface area contributed by atoms with Crippen LogP contribution in [0.1, 0.15) is 31.4 Å². The van der Waals surface area contributed by atoms with Crippen molar-refractivity contribution in [3.8, 4) is 0 Å². The summed E-state index contributed by atoms with van der Waals surface area (Å²) in [7, 11) is -2.16. The lowest BCUT2D eigenvalue weighted by Gasteiger charge is -2.22. The normalized spacial score (nSPS) is 14.7. The highest BCUT2D eigenvalue weighted by Gasteiger charge is 2.27. The maximum atomic E-state index is 12.6. The molecule has 22 heavy (non-hydrogen) atoms. The number of sulfonamides is 1. The van der Waals surface area contributed by atoms with E-state index in [9.17, 15) is 13.2 Å². The number of amides is 1. The van der Waals surface area contributed by atoms with Crippen molar-refractivity contribution in [2.24, 2.45) is 0 Å². The monoisotopic (exact) mass is 322 g/mol. The van der Waals surface area contributed by atoms with Gasteiger partial charge in [0.1, 0.15) is 0 Å². The summed E-state index contributed by atoms with van der Waals surface area (Å²) in [6.07, 6.45) is 2.88. The van der Waals surface area contributed by atoms with Gasteiger partial charge < -0.3 is 5.32 Å². The molecule has 0 atom stereocenters. The molecule has 1 amide bonds. The molecule has 1 aliphatic rings. The summed E-state index contributed by atoms with van der Waals surface area (Å²) in [4.78, 5) is 12.1. The van der Waals surface area contributed by atoms with Crippen LogP contribution in [-0.2, 0) is 21.2 Å². The molecule has 2 rings (SSSR count). The number of rotatable bonds is 5. The van der Waals surface area contributed by atoms with Gasteiger partial charge in [0.15, 0.2) is 0 Å². The van der Waals surface area contributed by atoms with Crippen LogP contribution in [0.4, 0.5) is 0 Å². The van der Waals surface area contributed by atoms with E-state index >= 15 is 0 Å². The summed E-state index contributed by atoms with van der Waals surface area (Å²) < 4.78 is 26.3. The fraction of sp³-hybridized carbons (Fsp3) is 0.438. The van der Waals surface area contributed by atoms with Gasteiger partial charge in [-0.3, -0.25) is 4.79 Å². The Kier molecular flexibility index (Phi) is 5.03. The highest BCUT2D eigenvalue weighted by Crippen LogP contribution is 2.28. The second-order valence-corrected chi connectivity index (χ2v) is 7.89. The lowest BCUT2D eigenvalue weighted by Crippen LogP contribution is -2.41. The topological polar surface area (TPSA) is 66.5 Å². The summed E-state index contributed by atoms with van der Waals surface area (Å²) in [6, 6.07) is 7.76. The Morgan fingerprint density at radius 3 is 2.64 bits per heavy atom. The Balaban J connectivity index is 2.17. The molecule has 5 nitrogen and oxygen atoms in total. The highest BCUT2D eigenvalue weighted by atomic mass is 32.2. The molecule has 0 saturated heterocycles. The Labute approximate surface area is 132 Å². The van der Waals surface area contributed by atoms with Crippen molar-refractivity contribution in [1.29, 1.82) is 0 Å². The minimum absolute atomic E-state index is 0.00984. The maximum absolute atomic E-state index is 12.6. The van der Waals surface area contributed by atoms with Crippen LogP contribution in [0.3, 0.4) is 0 Å². The molecule has 0 saturated carbocycles. The van der Waals surface area contributed by atoms with Crippen molar-refractivity contribution in [2.45, 2.75) is 32.7 Å². The lowest BCUT2D eigenvalue weighted by molar-refractivity contribution is -0.121. The molecule has 0 spiro atoms. The van der Waals surface area contributed by atoms with Crippen molar-refractivity contribution in [3.63, 3.8) is 0 Å². The Bertz CT molecular complexity index is 693. The fourth-order valence-corrected chi connectivity index (χ4v) is 3.79. The molecule has 0 aromatic heterocycles. The molecule has 6 heteroatoms. The first-order chi connectivity index (χ1) is 10.3. The number of fused-ring (bicyclic) bond motifs is 1. The summed E-state index contributed by atoms with van der Waals surface area (Å²) in [6.45, 7) is 3.51. The Morgan fingerprint density at radius 1 is 1.27 bits per heavy atom. The minimum atomic E-state index is -3.60. The van der Waals surface area contributed by atoms with Crippen LogP contribution in [-0.4, -0.2) is 38.3 Å². The number of likely N-dealkylation sites (N-methyl/N-ethyl adjacent to an activating group) is 1. The van der Waals surface area contributed by atoms with Crippen molar-refractivity contribution in [2.75, 3.05) is 13.6 Å². The smallest absolute Gasteiger partial charge is 0.239 e. The SMILES string of the molecule is CC(C)NC(=O)CN(C)S(=O)(=O)C1=Cc2ccccc2CC1. The van der Waals surface area contributed by atoms with Crippen molar-refractivity contribution < 1.29 is 13.2 Å². The Hall–Kier alpha value is -1.66. The second kappa shape index (κ2) is 6.62. The highest BCUT2D eigenvalue weighted by molar-refractivity contribution is 7.93. The quantitative estimate of drug-likeness (QED) is 0.898. The molecule has 1 aliphatic carbocycles. The third-order valence-electron chi connectivity index (χ3n) is 3.57. The summed E-state index contributed by atoms with van der Waals surface area (Å²) in [5, 5.41) is 2.70. The zero-order valence-corrected chi connectivity index (χ0v) is 14.0. The molecule has 0 aliphatic heterocycles. The van der Waals surface area contributed by atoms with Crippen LogP contribution < -0.4 is 5.32 Å². The minimum Gasteiger partial charge on any atom is -0.353 e. The van der Waals surface area contributed by atoms with E-state index in [4.69, 9.17) is 0 Å². The summed E-state index contributed by atoms with van der Waals surface area (Å²) in [5.74, 6) is -0.294. The van der Waals surface area contributed by atoms with Gasteiger partial charge in [0.05, 0.1) is 11.4 Å². The average molecular weight is 322 g/mol. The van der Waals surface area contributed by atoms with Crippen molar-refractivity contribution in [3.05, 3.63) is 40.3 Å². The van der Waals surface area contributed by atoms with Crippen molar-refractivity contribution in [1.82, 2.24) is 9.62 Å². The fourth-order valence-electron chi connectivity index (χ4n) is 2.46. The number of nitrogens with one attached hydrogen (secondary N) is 1. The molecule has 0 heterocycles. The largest absolute Gasteiger partial charge is 0.353 e. The average Bonchev–Trinajstić information content (AvgIpc) is 2.45. The number of nitrogens with zero attached hydrogens (tertiary/aromatic N) is 1. The van der Waals surface area contributed by atoms with E-state index in [1.54, 1.807) is 6.08 Å². The number of hydrogen-bond acceptors (Lipinski definition) is 3. The maximum Gasteiger partial charge on any atom is 0.239 e. The third-order valence-corrected chi connectivity index (χ3v) is 5.50. The third kappa shape index (κ3) is 3.75. The Morgan fingerprint density at radius 2 is 1.95 bits per heavy atom. The first kappa shape index (κ1) is 16.7. The molecule has 1 N–H and O–H groups in total. The van der Waals surface area contributed by atoms with Gasteiger partial charge in [0, 0.05) is 13.1 Å². The summed E-state index contributed by atoms with van der Waals surface area (Å²) in [5.41, 5.74) is 2.09. The molecular formula is C16H22N2O3S. The summed E-state index contributed by atoms with van der Waals surface area (Å²) >= 11 is 0. The second-order valence-electron chi connectivity index (χ2n) is 5.79. The van der Waals surface area contributed by atoms with Crippen LogP contribution in [0.25, 0.3) is 6.08 Å². The van der Waals surface area contributed by atoms with E-state index in [0.29, 0.717) is 17.7 Å². The molecule has 1 aromatic rings. The van der Waals surface area contributed by atoms with Gasteiger partial charge in [-0.15, -0.1) is 0 Å². The number of carbonyl (C=O) groups is 1. The van der Waals surface area contributed by atoms with E-state index in [-0.39, 0.29) is 18.5 Å². The lowest BCUT2D eigenvalue weighted by atomic mass is 9.98. The van der Waals surface area contributed by atoms with E-state index < -0.39 is 10.0 Å². The molecule has 0 bridgehead atoms. The molecular weight excluding hydrogens is 300 g/mol. The van der Waals surface area contributed by atoms with Gasteiger partial charge in [0.25, 0.3) is 0 Å². The van der Waals surface area contributed by atoms with E-state index in [1.165, 1.54) is 7.05 Å². The molecule has 120 valence electrons. The van der Waals surface area contributed by atoms with Crippen molar-refractivity contribution >= 4 is 22.0 Å². The van der Waals surface area contributed by atoms with E-state index in [2.05, 4.69) is 5.32 Å². The standard InChI is InChI=1S/C16H22N2O3S/c1-12(2)17-16(19)11-18(3)22(20,21)15-9-8-13-6-4-5-7-14(13)10-15/h4-7,10,12H,8-9,11H2,1-3H3,(H,17,19). The van der Waals surface area contributed by atoms with Gasteiger partial charge in [-0.25, -0.2) is 8.42 Å². The molecule has 0 fully saturated rings. The van der Waals surface area contributed by atoms with Crippen LogP contribution >= 0.6 is 0 Å². The van der Waals surface area contributed by atoms with Gasteiger partial charge in [-0.2, -0.15) is 4.31 Å². The predicted molar refractivity (Wildman–Crippen MR) is 87.6 cm³/mol. The number of benzene rings is 1. The molecule has 0 unspecified atom stereocenters. The first-order valence-electron chi connectivity index (χ1n) is 7.35. The van der Waals surface area contributed by atoms with Crippen LogP contribution in [0.5, 0.6) is 0 Å². The van der Waals surface area contributed by atoms with Gasteiger partial charge in [-0.05, 0) is 43.9 Å². The molecule has 1 aromatic carbocycles. The van der Waals surface area contributed by atoms with E-state index in [0.717, 1.165) is 15.4 Å². The number of carbonyl (C=O) groups excluding carboxylic acids is 1. The zero-order valence-electron chi connectivity index (χ0n) is 13.2. The number of aryl methyl sites for hydroxylation is 1. The van der Waals surface area contributed by atoms with Crippen LogP contribution in [0.2, 0.25) is 0 Å². The van der Waals surface area contributed by atoms with Crippen LogP contribution in [0, 0.1) is 0 Å². The number of allylic oxidation sites excluding steroid dienone is 1. The van der Waals surface area contributed by atoms with Gasteiger partial charge >= 0.3 is 0 Å². The van der Waals surface area contributed by atoms with Gasteiger partial charge in [-0.1, -0.05) is 24.3 Å². The molecule has 0 radical (unpaired) electrons. The van der Waals surface area contributed by atoms with Crippen LogP contribution in [0.15, 0.2) is 29.2 Å². The first-order valence-corrected chi connectivity index (χ1v) is 8.79. The number of hydrogen-bond donors (Lipinski definition) is 1. The zero-order chi connectivity index (χ0) is 16.3. The van der Waals surface area contributed by atoms with Gasteiger partial charge in [0.2, 0.25) is 15.9 Å². The predicted octanol–water partition coefficient (Wildman–Crippen LogP) is 1.76. The van der Waals surface area contributed by atoms with E-state index in [1.807, 2.05) is 38.1 Å².